The van der Waals surface area contributed by atoms with Gasteiger partial charge in [-0.2, -0.15) is 0 Å². The van der Waals surface area contributed by atoms with E-state index in [4.69, 9.17) is 5.11 Å². The Morgan fingerprint density at radius 3 is 2.38 bits per heavy atom. The summed E-state index contributed by atoms with van der Waals surface area (Å²) in [5.41, 5.74) is 1.17. The molecule has 0 radical (unpaired) electrons. The fourth-order valence-electron chi connectivity index (χ4n) is 2.25. The molecule has 1 aliphatic rings. The lowest BCUT2D eigenvalue weighted by atomic mass is 10.1. The van der Waals surface area contributed by atoms with Gasteiger partial charge in [0.2, 0.25) is 5.91 Å². The SMILES string of the molecule is CC(C(=O)O)N(C)C(=O)c1ccc(N2CCCC2=O)cc1. The second kappa shape index (κ2) is 5.95. The zero-order valence-electron chi connectivity index (χ0n) is 12.1. The van der Waals surface area contributed by atoms with Gasteiger partial charge in [0.25, 0.3) is 5.91 Å². The van der Waals surface area contributed by atoms with Gasteiger partial charge >= 0.3 is 5.97 Å². The highest BCUT2D eigenvalue weighted by Gasteiger charge is 2.24. The topological polar surface area (TPSA) is 77.9 Å². The highest BCUT2D eigenvalue weighted by atomic mass is 16.4. The average molecular weight is 290 g/mol. The highest BCUT2D eigenvalue weighted by molar-refractivity contribution is 5.98. The van der Waals surface area contributed by atoms with E-state index in [1.54, 1.807) is 29.2 Å². The first-order chi connectivity index (χ1) is 9.91. The molecule has 1 unspecified atom stereocenters. The molecule has 0 aliphatic carbocycles. The van der Waals surface area contributed by atoms with Crippen LogP contribution in [0.25, 0.3) is 0 Å². The molecule has 1 aromatic carbocycles. The average Bonchev–Trinajstić information content (AvgIpc) is 2.91. The van der Waals surface area contributed by atoms with Crippen molar-refractivity contribution >= 4 is 23.5 Å². The summed E-state index contributed by atoms with van der Waals surface area (Å²) >= 11 is 0. The van der Waals surface area contributed by atoms with Crippen molar-refractivity contribution in [3.05, 3.63) is 29.8 Å². The summed E-state index contributed by atoms with van der Waals surface area (Å²) in [5.74, 6) is -1.32. The maximum absolute atomic E-state index is 12.2. The van der Waals surface area contributed by atoms with E-state index in [0.29, 0.717) is 18.5 Å². The van der Waals surface area contributed by atoms with Crippen molar-refractivity contribution in [3.63, 3.8) is 0 Å². The van der Waals surface area contributed by atoms with Crippen molar-refractivity contribution in [2.75, 3.05) is 18.5 Å². The van der Waals surface area contributed by atoms with Gasteiger partial charge in [-0.15, -0.1) is 0 Å². The van der Waals surface area contributed by atoms with Crippen LogP contribution in [0.15, 0.2) is 24.3 Å². The van der Waals surface area contributed by atoms with Crippen LogP contribution >= 0.6 is 0 Å². The van der Waals surface area contributed by atoms with Crippen LogP contribution in [0.5, 0.6) is 0 Å². The largest absolute Gasteiger partial charge is 0.480 e. The van der Waals surface area contributed by atoms with E-state index in [1.807, 2.05) is 0 Å². The number of likely N-dealkylation sites (N-methyl/N-ethyl adjacent to an activating group) is 1. The summed E-state index contributed by atoms with van der Waals surface area (Å²) in [6, 6.07) is 5.78. The molecule has 6 heteroatoms. The Hall–Kier alpha value is -2.37. The Bertz CT molecular complexity index is 568. The van der Waals surface area contributed by atoms with Gasteiger partial charge in [0.05, 0.1) is 0 Å². The van der Waals surface area contributed by atoms with Crippen LogP contribution in [-0.4, -0.2) is 47.4 Å². The van der Waals surface area contributed by atoms with E-state index >= 15 is 0 Å². The molecule has 1 fully saturated rings. The van der Waals surface area contributed by atoms with Crippen LogP contribution in [0.3, 0.4) is 0 Å². The van der Waals surface area contributed by atoms with Crippen LogP contribution in [0.1, 0.15) is 30.1 Å². The van der Waals surface area contributed by atoms with Gasteiger partial charge in [-0.3, -0.25) is 9.59 Å². The molecule has 1 aromatic rings. The number of amides is 2. The summed E-state index contributed by atoms with van der Waals surface area (Å²) in [5, 5.41) is 8.93. The van der Waals surface area contributed by atoms with Crippen LogP contribution in [-0.2, 0) is 9.59 Å². The molecule has 6 nitrogen and oxygen atoms in total. The van der Waals surface area contributed by atoms with Gasteiger partial charge in [-0.1, -0.05) is 0 Å². The molecule has 0 bridgehead atoms. The van der Waals surface area contributed by atoms with E-state index in [0.717, 1.165) is 12.1 Å². The summed E-state index contributed by atoms with van der Waals surface area (Å²) in [7, 11) is 1.46. The molecule has 2 rings (SSSR count). The number of carbonyl (C=O) groups is 3. The first kappa shape index (κ1) is 15.0. The van der Waals surface area contributed by atoms with Crippen LogP contribution in [0, 0.1) is 0 Å². The lowest BCUT2D eigenvalue weighted by molar-refractivity contribution is -0.141. The van der Waals surface area contributed by atoms with Crippen molar-refractivity contribution in [2.24, 2.45) is 0 Å². The number of anilines is 1. The van der Waals surface area contributed by atoms with Crippen molar-refractivity contribution in [1.82, 2.24) is 4.90 Å². The molecule has 1 aliphatic heterocycles. The Kier molecular flexibility index (Phi) is 4.26. The number of rotatable bonds is 4. The Morgan fingerprint density at radius 2 is 1.90 bits per heavy atom. The van der Waals surface area contributed by atoms with Gasteiger partial charge in [-0.25, -0.2) is 4.79 Å². The minimum atomic E-state index is -1.05. The normalized spacial score (nSPS) is 15.9. The molecule has 1 heterocycles. The quantitative estimate of drug-likeness (QED) is 0.908. The van der Waals surface area contributed by atoms with Crippen LogP contribution in [0.2, 0.25) is 0 Å². The predicted octanol–water partition coefficient (Wildman–Crippen LogP) is 1.36. The molecule has 1 N–H and O–H groups in total. The molecular formula is C15H18N2O4. The number of hydrogen-bond acceptors (Lipinski definition) is 3. The monoisotopic (exact) mass is 290 g/mol. The zero-order valence-corrected chi connectivity index (χ0v) is 12.1. The molecule has 0 aromatic heterocycles. The number of carboxylic acids is 1. The minimum Gasteiger partial charge on any atom is -0.480 e. The molecule has 112 valence electrons. The van der Waals surface area contributed by atoms with Crippen molar-refractivity contribution in [2.45, 2.75) is 25.8 Å². The summed E-state index contributed by atoms with van der Waals surface area (Å²) in [6.45, 7) is 2.15. The maximum Gasteiger partial charge on any atom is 0.326 e. The molecule has 1 atom stereocenters. The summed E-state index contributed by atoms with van der Waals surface area (Å²) < 4.78 is 0. The molecule has 21 heavy (non-hydrogen) atoms. The third-order valence-corrected chi connectivity index (χ3v) is 3.76. The number of benzene rings is 1. The first-order valence-electron chi connectivity index (χ1n) is 6.82. The lowest BCUT2D eigenvalue weighted by Crippen LogP contribution is -2.40. The fourth-order valence-corrected chi connectivity index (χ4v) is 2.25. The first-order valence-corrected chi connectivity index (χ1v) is 6.82. The second-order valence-corrected chi connectivity index (χ2v) is 5.13. The van der Waals surface area contributed by atoms with Crippen molar-refractivity contribution < 1.29 is 19.5 Å². The molecule has 0 spiro atoms. The second-order valence-electron chi connectivity index (χ2n) is 5.13. The Balaban J connectivity index is 2.13. The summed E-state index contributed by atoms with van der Waals surface area (Å²) in [4.78, 5) is 37.6. The molecule has 2 amide bonds. The zero-order chi connectivity index (χ0) is 15.6. The maximum atomic E-state index is 12.2. The fraction of sp³-hybridized carbons (Fsp3) is 0.400. The molecule has 0 saturated carbocycles. The third-order valence-electron chi connectivity index (χ3n) is 3.76. The van der Waals surface area contributed by atoms with Crippen molar-refractivity contribution in [3.8, 4) is 0 Å². The van der Waals surface area contributed by atoms with Crippen LogP contribution < -0.4 is 4.90 Å². The molecule has 1 saturated heterocycles. The number of carboxylic acid groups (broad SMARTS) is 1. The Labute approximate surface area is 123 Å². The van der Waals surface area contributed by atoms with Crippen molar-refractivity contribution in [1.29, 1.82) is 0 Å². The lowest BCUT2D eigenvalue weighted by Gasteiger charge is -2.22. The van der Waals surface area contributed by atoms with E-state index in [-0.39, 0.29) is 11.8 Å². The van der Waals surface area contributed by atoms with Gasteiger partial charge in [0.15, 0.2) is 0 Å². The number of carbonyl (C=O) groups excluding carboxylic acids is 2. The van der Waals surface area contributed by atoms with E-state index < -0.39 is 12.0 Å². The van der Waals surface area contributed by atoms with Crippen LogP contribution in [0.4, 0.5) is 5.69 Å². The molecular weight excluding hydrogens is 272 g/mol. The summed E-state index contributed by atoms with van der Waals surface area (Å²) in [6.07, 6.45) is 1.40. The standard InChI is InChI=1S/C15H18N2O4/c1-10(15(20)21)16(2)14(19)11-5-7-12(8-6-11)17-9-3-4-13(17)18/h5-8,10H,3-4,9H2,1-2H3,(H,20,21). The van der Waals surface area contributed by atoms with E-state index in [9.17, 15) is 14.4 Å². The van der Waals surface area contributed by atoms with Gasteiger partial charge in [0, 0.05) is 31.3 Å². The third kappa shape index (κ3) is 3.04. The number of hydrogen-bond donors (Lipinski definition) is 1. The Morgan fingerprint density at radius 1 is 1.29 bits per heavy atom. The van der Waals surface area contributed by atoms with E-state index in [1.165, 1.54) is 18.9 Å². The van der Waals surface area contributed by atoms with Gasteiger partial charge in [-0.05, 0) is 37.6 Å². The highest BCUT2D eigenvalue weighted by Crippen LogP contribution is 2.22. The van der Waals surface area contributed by atoms with Gasteiger partial charge < -0.3 is 14.9 Å². The number of aliphatic carboxylic acids is 1. The number of nitrogens with zero attached hydrogens (tertiary/aromatic N) is 2. The van der Waals surface area contributed by atoms with Gasteiger partial charge in [0.1, 0.15) is 6.04 Å². The van der Waals surface area contributed by atoms with E-state index in [2.05, 4.69) is 0 Å². The smallest absolute Gasteiger partial charge is 0.326 e. The predicted molar refractivity (Wildman–Crippen MR) is 77.2 cm³/mol. The minimum absolute atomic E-state index is 0.0886.